The van der Waals surface area contributed by atoms with Crippen LogP contribution in [0.5, 0.6) is 0 Å². The Balaban J connectivity index is 1.88. The summed E-state index contributed by atoms with van der Waals surface area (Å²) in [5.41, 5.74) is 0.969. The van der Waals surface area contributed by atoms with Crippen LogP contribution in [0.25, 0.3) is 0 Å². The zero-order chi connectivity index (χ0) is 10.3. The molecule has 2 heterocycles. The lowest BCUT2D eigenvalue weighted by molar-refractivity contribution is -0.130. The monoisotopic (exact) mass is 203 g/mol. The summed E-state index contributed by atoms with van der Waals surface area (Å²) in [6.45, 7) is 0.854. The van der Waals surface area contributed by atoms with Gasteiger partial charge in [0.1, 0.15) is 6.23 Å². The van der Waals surface area contributed by atoms with Gasteiger partial charge in [0.15, 0.2) is 6.10 Å². The van der Waals surface area contributed by atoms with Gasteiger partial charge in [-0.05, 0) is 18.4 Å². The van der Waals surface area contributed by atoms with Crippen LogP contribution in [0.4, 0.5) is 0 Å². The van der Waals surface area contributed by atoms with Gasteiger partial charge in [-0.3, -0.25) is 4.79 Å². The lowest BCUT2D eigenvalue weighted by Crippen LogP contribution is -2.28. The molecule has 3 heteroatoms. The minimum Gasteiger partial charge on any atom is -0.340 e. The molecule has 0 spiro atoms. The lowest BCUT2D eigenvalue weighted by atomic mass is 10.1. The van der Waals surface area contributed by atoms with Crippen molar-refractivity contribution in [1.82, 2.24) is 4.90 Å². The maximum absolute atomic E-state index is 12.0. The molecule has 15 heavy (non-hydrogen) atoms. The van der Waals surface area contributed by atoms with E-state index in [1.807, 2.05) is 35.2 Å². The fourth-order valence-electron chi connectivity index (χ4n) is 2.34. The number of fused-ring (bicyclic) bond motifs is 1. The van der Waals surface area contributed by atoms with E-state index >= 15 is 0 Å². The number of benzene rings is 1. The number of carbonyl (C=O) groups is 1. The van der Waals surface area contributed by atoms with Crippen LogP contribution in [0.1, 0.15) is 24.5 Å². The first-order valence-electron chi connectivity index (χ1n) is 5.37. The van der Waals surface area contributed by atoms with Crippen LogP contribution in [0, 0.1) is 0 Å². The SMILES string of the molecule is O=C1[C@H](c2ccccc2)O[C@H]2CCCN12. The average Bonchev–Trinajstić information content (AvgIpc) is 2.83. The second-order valence-electron chi connectivity index (χ2n) is 4.06. The van der Waals surface area contributed by atoms with Gasteiger partial charge in [0.25, 0.3) is 5.91 Å². The summed E-state index contributed by atoms with van der Waals surface area (Å²) in [4.78, 5) is 13.8. The minimum atomic E-state index is -0.364. The summed E-state index contributed by atoms with van der Waals surface area (Å²) in [5, 5.41) is 0. The van der Waals surface area contributed by atoms with Crippen molar-refractivity contribution in [3.63, 3.8) is 0 Å². The summed E-state index contributed by atoms with van der Waals surface area (Å²) in [6, 6.07) is 9.73. The van der Waals surface area contributed by atoms with E-state index in [-0.39, 0.29) is 18.2 Å². The molecule has 78 valence electrons. The number of hydrogen-bond acceptors (Lipinski definition) is 2. The third-order valence-corrected chi connectivity index (χ3v) is 3.10. The largest absolute Gasteiger partial charge is 0.340 e. The van der Waals surface area contributed by atoms with E-state index in [0.717, 1.165) is 24.9 Å². The smallest absolute Gasteiger partial charge is 0.258 e. The summed E-state index contributed by atoms with van der Waals surface area (Å²) in [5.74, 6) is 0.128. The van der Waals surface area contributed by atoms with Crippen LogP contribution in [0.3, 0.4) is 0 Å². The third kappa shape index (κ3) is 1.35. The van der Waals surface area contributed by atoms with E-state index in [9.17, 15) is 4.79 Å². The van der Waals surface area contributed by atoms with Crippen LogP contribution >= 0.6 is 0 Å². The molecule has 2 aliphatic rings. The predicted octanol–water partition coefficient (Wildman–Crippen LogP) is 1.71. The molecule has 3 nitrogen and oxygen atoms in total. The highest BCUT2D eigenvalue weighted by Gasteiger charge is 2.43. The molecule has 0 radical (unpaired) electrons. The highest BCUT2D eigenvalue weighted by Crippen LogP contribution is 2.35. The van der Waals surface area contributed by atoms with Crippen LogP contribution in [-0.2, 0) is 9.53 Å². The van der Waals surface area contributed by atoms with Crippen LogP contribution in [-0.4, -0.2) is 23.6 Å². The Kier molecular flexibility index (Phi) is 1.99. The van der Waals surface area contributed by atoms with E-state index < -0.39 is 0 Å². The van der Waals surface area contributed by atoms with Crippen LogP contribution in [0.2, 0.25) is 0 Å². The number of rotatable bonds is 1. The molecule has 1 aromatic rings. The lowest BCUT2D eigenvalue weighted by Gasteiger charge is -2.11. The highest BCUT2D eigenvalue weighted by atomic mass is 16.5. The molecule has 1 aromatic carbocycles. The quantitative estimate of drug-likeness (QED) is 0.695. The third-order valence-electron chi connectivity index (χ3n) is 3.10. The maximum atomic E-state index is 12.0. The Bertz CT molecular complexity index is 376. The average molecular weight is 203 g/mol. The normalized spacial score (nSPS) is 29.6. The maximum Gasteiger partial charge on any atom is 0.258 e. The zero-order valence-corrected chi connectivity index (χ0v) is 8.43. The van der Waals surface area contributed by atoms with Gasteiger partial charge in [0.05, 0.1) is 0 Å². The standard InChI is InChI=1S/C12H13NO2/c14-12-11(9-5-2-1-3-6-9)15-10-7-4-8-13(10)12/h1-3,5-6,10-11H,4,7-8H2/t10-,11-/m0/s1. The first-order chi connectivity index (χ1) is 7.36. The van der Waals surface area contributed by atoms with E-state index in [1.54, 1.807) is 0 Å². The summed E-state index contributed by atoms with van der Waals surface area (Å²) >= 11 is 0. The van der Waals surface area contributed by atoms with Crippen molar-refractivity contribution in [3.05, 3.63) is 35.9 Å². The van der Waals surface area contributed by atoms with Gasteiger partial charge in [-0.25, -0.2) is 0 Å². The van der Waals surface area contributed by atoms with E-state index in [0.29, 0.717) is 0 Å². The molecule has 1 amide bonds. The molecule has 2 aliphatic heterocycles. The fraction of sp³-hybridized carbons (Fsp3) is 0.417. The van der Waals surface area contributed by atoms with Crippen molar-refractivity contribution in [2.75, 3.05) is 6.54 Å². The fourth-order valence-corrected chi connectivity index (χ4v) is 2.34. The Labute approximate surface area is 88.6 Å². The Hall–Kier alpha value is -1.35. The van der Waals surface area contributed by atoms with Crippen molar-refractivity contribution >= 4 is 5.91 Å². The van der Waals surface area contributed by atoms with E-state index in [2.05, 4.69) is 0 Å². The number of ether oxygens (including phenoxy) is 1. The molecule has 2 atom stereocenters. The van der Waals surface area contributed by atoms with Crippen molar-refractivity contribution in [2.45, 2.75) is 25.2 Å². The molecular formula is C12H13NO2. The summed E-state index contributed by atoms with van der Waals surface area (Å²) in [7, 11) is 0. The Morgan fingerprint density at radius 2 is 2.07 bits per heavy atom. The number of amides is 1. The van der Waals surface area contributed by atoms with Gasteiger partial charge >= 0.3 is 0 Å². The Morgan fingerprint density at radius 3 is 2.80 bits per heavy atom. The minimum absolute atomic E-state index is 0.0303. The van der Waals surface area contributed by atoms with Crippen molar-refractivity contribution in [3.8, 4) is 0 Å². The molecule has 3 rings (SSSR count). The molecule has 0 N–H and O–H groups in total. The number of carbonyl (C=O) groups excluding carboxylic acids is 1. The molecule has 2 saturated heterocycles. The van der Waals surface area contributed by atoms with Gasteiger partial charge in [-0.2, -0.15) is 0 Å². The molecule has 0 aliphatic carbocycles. The molecule has 2 fully saturated rings. The van der Waals surface area contributed by atoms with Crippen LogP contribution < -0.4 is 0 Å². The predicted molar refractivity (Wildman–Crippen MR) is 55.0 cm³/mol. The zero-order valence-electron chi connectivity index (χ0n) is 8.43. The summed E-state index contributed by atoms with van der Waals surface area (Å²) < 4.78 is 5.76. The van der Waals surface area contributed by atoms with E-state index in [1.165, 1.54) is 0 Å². The second-order valence-corrected chi connectivity index (χ2v) is 4.06. The first-order valence-corrected chi connectivity index (χ1v) is 5.37. The first kappa shape index (κ1) is 8.92. The van der Waals surface area contributed by atoms with Crippen molar-refractivity contribution < 1.29 is 9.53 Å². The Morgan fingerprint density at radius 1 is 1.27 bits per heavy atom. The summed E-state index contributed by atoms with van der Waals surface area (Å²) in [6.07, 6.45) is 1.71. The van der Waals surface area contributed by atoms with Crippen molar-refractivity contribution in [1.29, 1.82) is 0 Å². The van der Waals surface area contributed by atoms with Gasteiger partial charge in [0, 0.05) is 6.54 Å². The van der Waals surface area contributed by atoms with Gasteiger partial charge in [-0.15, -0.1) is 0 Å². The molecular weight excluding hydrogens is 190 g/mol. The molecule has 0 unspecified atom stereocenters. The number of hydrogen-bond donors (Lipinski definition) is 0. The molecule has 0 bridgehead atoms. The second kappa shape index (κ2) is 3.35. The van der Waals surface area contributed by atoms with Crippen LogP contribution in [0.15, 0.2) is 30.3 Å². The highest BCUT2D eigenvalue weighted by molar-refractivity contribution is 5.84. The van der Waals surface area contributed by atoms with Gasteiger partial charge < -0.3 is 9.64 Å². The number of nitrogens with zero attached hydrogens (tertiary/aromatic N) is 1. The van der Waals surface area contributed by atoms with E-state index in [4.69, 9.17) is 4.74 Å². The van der Waals surface area contributed by atoms with Crippen molar-refractivity contribution in [2.24, 2.45) is 0 Å². The van der Waals surface area contributed by atoms with Gasteiger partial charge in [-0.1, -0.05) is 30.3 Å². The topological polar surface area (TPSA) is 29.5 Å². The van der Waals surface area contributed by atoms with Gasteiger partial charge in [0.2, 0.25) is 0 Å². The molecule has 0 saturated carbocycles. The molecule has 0 aromatic heterocycles.